The number of rotatable bonds is 2. The third kappa shape index (κ3) is 1.33. The van der Waals surface area contributed by atoms with Crippen molar-refractivity contribution in [2.75, 3.05) is 0 Å². The zero-order valence-electron chi connectivity index (χ0n) is 11.4. The maximum Gasteiger partial charge on any atom is 0.0793 e. The zero-order chi connectivity index (χ0) is 13.3. The Labute approximate surface area is 120 Å². The molecule has 0 saturated heterocycles. The fraction of sp³-hybridized carbons (Fsp3) is 0.588. The molecule has 1 aromatic carbocycles. The topological polar surface area (TPSA) is 26.0 Å². The fourth-order valence-electron chi connectivity index (χ4n) is 5.73. The molecule has 4 saturated carbocycles. The van der Waals surface area contributed by atoms with Crippen molar-refractivity contribution in [1.29, 1.82) is 0 Å². The highest BCUT2D eigenvalue weighted by Gasteiger charge is 2.68. The summed E-state index contributed by atoms with van der Waals surface area (Å²) in [5, 5.41) is 0. The molecule has 0 radical (unpaired) electrons. The summed E-state index contributed by atoms with van der Waals surface area (Å²) in [5.41, 5.74) is 8.25. The van der Waals surface area contributed by atoms with E-state index in [0.29, 0.717) is 5.41 Å². The van der Waals surface area contributed by atoms with Gasteiger partial charge in [-0.15, -0.1) is 0 Å². The molecule has 5 unspecified atom stereocenters. The summed E-state index contributed by atoms with van der Waals surface area (Å²) < 4.78 is 0. The van der Waals surface area contributed by atoms with Gasteiger partial charge in [-0.05, 0) is 54.4 Å². The van der Waals surface area contributed by atoms with Gasteiger partial charge in [0.15, 0.2) is 0 Å². The van der Waals surface area contributed by atoms with Crippen LogP contribution in [0, 0.1) is 23.2 Å². The molecule has 0 amide bonds. The lowest BCUT2D eigenvalue weighted by Crippen LogP contribution is -2.40. The normalized spacial score (nSPS) is 46.7. The fourth-order valence-corrected chi connectivity index (χ4v) is 6.04. The summed E-state index contributed by atoms with van der Waals surface area (Å²) in [5.74, 6) is 2.36. The molecular weight excluding hydrogens is 250 g/mol. The van der Waals surface area contributed by atoms with Crippen LogP contribution in [0.2, 0.25) is 0 Å². The molecule has 2 N–H and O–H groups in total. The number of hydrogen-bond donors (Lipinski definition) is 1. The van der Waals surface area contributed by atoms with Crippen molar-refractivity contribution in [3.05, 3.63) is 35.9 Å². The lowest BCUT2D eigenvalue weighted by Gasteiger charge is -2.42. The molecule has 4 aliphatic rings. The Morgan fingerprint density at radius 3 is 2.58 bits per heavy atom. The molecule has 4 aliphatic carbocycles. The van der Waals surface area contributed by atoms with Crippen LogP contribution in [0.1, 0.15) is 38.2 Å². The van der Waals surface area contributed by atoms with Crippen LogP contribution in [-0.4, -0.2) is 4.99 Å². The van der Waals surface area contributed by atoms with E-state index in [1.165, 1.54) is 31.2 Å². The molecule has 19 heavy (non-hydrogen) atoms. The van der Waals surface area contributed by atoms with Crippen LogP contribution in [0.25, 0.3) is 0 Å². The molecule has 0 aromatic heterocycles. The van der Waals surface area contributed by atoms with Gasteiger partial charge in [0.2, 0.25) is 0 Å². The Kier molecular flexibility index (Phi) is 2.26. The van der Waals surface area contributed by atoms with Gasteiger partial charge >= 0.3 is 0 Å². The SMILES string of the molecule is CC1C2CC3(c4ccccc4)CC1C(C(N)=S)(C2)C3. The van der Waals surface area contributed by atoms with E-state index in [2.05, 4.69) is 37.3 Å². The molecule has 0 aliphatic heterocycles. The van der Waals surface area contributed by atoms with Gasteiger partial charge in [-0.25, -0.2) is 0 Å². The van der Waals surface area contributed by atoms with Gasteiger partial charge in [-0.1, -0.05) is 49.5 Å². The monoisotopic (exact) mass is 271 g/mol. The number of hydrogen-bond acceptors (Lipinski definition) is 1. The summed E-state index contributed by atoms with van der Waals surface area (Å²) in [6.07, 6.45) is 5.10. The van der Waals surface area contributed by atoms with E-state index in [-0.39, 0.29) is 5.41 Å². The lowest BCUT2D eigenvalue weighted by molar-refractivity contribution is 0.174. The second-order valence-corrected chi connectivity index (χ2v) is 7.62. The van der Waals surface area contributed by atoms with Gasteiger partial charge in [-0.2, -0.15) is 0 Å². The molecule has 1 aromatic rings. The quantitative estimate of drug-likeness (QED) is 0.831. The van der Waals surface area contributed by atoms with Crippen molar-refractivity contribution in [2.45, 2.75) is 38.0 Å². The van der Waals surface area contributed by atoms with Crippen LogP contribution in [-0.2, 0) is 5.41 Å². The third-order valence-corrected chi connectivity index (χ3v) is 6.92. The second-order valence-electron chi connectivity index (χ2n) is 7.18. The third-order valence-electron chi connectivity index (χ3n) is 6.51. The van der Waals surface area contributed by atoms with Gasteiger partial charge < -0.3 is 5.73 Å². The van der Waals surface area contributed by atoms with E-state index in [9.17, 15) is 0 Å². The first-order chi connectivity index (χ1) is 9.07. The Balaban J connectivity index is 1.82. The Hall–Kier alpha value is -0.890. The minimum absolute atomic E-state index is 0.174. The molecule has 2 heteroatoms. The molecule has 5 rings (SSSR count). The predicted molar refractivity (Wildman–Crippen MR) is 82.0 cm³/mol. The highest BCUT2D eigenvalue weighted by Crippen LogP contribution is 2.72. The maximum atomic E-state index is 6.19. The number of nitrogens with two attached hydrogens (primary N) is 1. The van der Waals surface area contributed by atoms with Crippen LogP contribution < -0.4 is 5.73 Å². The standard InChI is InChI=1S/C17H21NS/c1-11-12-7-16(13-5-3-2-4-6-13)9-14(11)17(8-12,10-16)15(18)19/h2-6,11-12,14H,7-10H2,1H3,(H2,18,19). The van der Waals surface area contributed by atoms with Crippen molar-refractivity contribution >= 4 is 17.2 Å². The Morgan fingerprint density at radius 2 is 1.95 bits per heavy atom. The van der Waals surface area contributed by atoms with Crippen molar-refractivity contribution in [2.24, 2.45) is 28.9 Å². The minimum Gasteiger partial charge on any atom is -0.393 e. The van der Waals surface area contributed by atoms with E-state index < -0.39 is 0 Å². The van der Waals surface area contributed by atoms with E-state index in [4.69, 9.17) is 18.0 Å². The number of benzene rings is 1. The van der Waals surface area contributed by atoms with Crippen LogP contribution in [0.4, 0.5) is 0 Å². The summed E-state index contributed by atoms with van der Waals surface area (Å²) in [6.45, 7) is 2.43. The molecule has 5 atom stereocenters. The molecular formula is C17H21NS. The molecule has 0 heterocycles. The van der Waals surface area contributed by atoms with E-state index >= 15 is 0 Å². The number of thiocarbonyl (C=S) groups is 1. The molecule has 100 valence electrons. The minimum atomic E-state index is 0.174. The smallest absolute Gasteiger partial charge is 0.0793 e. The van der Waals surface area contributed by atoms with Gasteiger partial charge in [0.25, 0.3) is 0 Å². The van der Waals surface area contributed by atoms with Crippen molar-refractivity contribution in [1.82, 2.24) is 0 Å². The van der Waals surface area contributed by atoms with Gasteiger partial charge in [0, 0.05) is 5.41 Å². The van der Waals surface area contributed by atoms with Gasteiger partial charge in [-0.3, -0.25) is 0 Å². The van der Waals surface area contributed by atoms with E-state index in [1.807, 2.05) is 0 Å². The summed E-state index contributed by atoms with van der Waals surface area (Å²) in [7, 11) is 0. The van der Waals surface area contributed by atoms with Gasteiger partial charge in [0.1, 0.15) is 0 Å². The average molecular weight is 271 g/mol. The Bertz CT molecular complexity index is 539. The van der Waals surface area contributed by atoms with Crippen molar-refractivity contribution in [3.8, 4) is 0 Å². The second kappa shape index (κ2) is 3.60. The molecule has 4 fully saturated rings. The van der Waals surface area contributed by atoms with E-state index in [1.54, 1.807) is 0 Å². The van der Waals surface area contributed by atoms with Crippen LogP contribution in [0.15, 0.2) is 30.3 Å². The van der Waals surface area contributed by atoms with Gasteiger partial charge in [0.05, 0.1) is 4.99 Å². The van der Waals surface area contributed by atoms with Crippen LogP contribution >= 0.6 is 12.2 Å². The lowest BCUT2D eigenvalue weighted by atomic mass is 9.62. The first-order valence-electron chi connectivity index (χ1n) is 7.43. The maximum absolute atomic E-state index is 6.19. The summed E-state index contributed by atoms with van der Waals surface area (Å²) in [4.78, 5) is 0.796. The summed E-state index contributed by atoms with van der Waals surface area (Å²) >= 11 is 5.49. The highest BCUT2D eigenvalue weighted by atomic mass is 32.1. The average Bonchev–Trinajstić information content (AvgIpc) is 2.78. The Morgan fingerprint density at radius 1 is 1.21 bits per heavy atom. The van der Waals surface area contributed by atoms with Crippen molar-refractivity contribution < 1.29 is 0 Å². The largest absolute Gasteiger partial charge is 0.393 e. The highest BCUT2D eigenvalue weighted by molar-refractivity contribution is 7.80. The predicted octanol–water partition coefficient (Wildman–Crippen LogP) is 3.67. The molecule has 1 nitrogen and oxygen atoms in total. The molecule has 4 bridgehead atoms. The zero-order valence-corrected chi connectivity index (χ0v) is 12.2. The first kappa shape index (κ1) is 11.9. The summed E-state index contributed by atoms with van der Waals surface area (Å²) in [6, 6.07) is 11.1. The van der Waals surface area contributed by atoms with E-state index in [0.717, 1.165) is 22.7 Å². The molecule has 0 spiro atoms. The van der Waals surface area contributed by atoms with Crippen molar-refractivity contribution in [3.63, 3.8) is 0 Å². The van der Waals surface area contributed by atoms with Crippen LogP contribution in [0.3, 0.4) is 0 Å². The van der Waals surface area contributed by atoms with Crippen LogP contribution in [0.5, 0.6) is 0 Å². The first-order valence-corrected chi connectivity index (χ1v) is 7.84.